The van der Waals surface area contributed by atoms with Gasteiger partial charge < -0.3 is 19.6 Å². The lowest BCUT2D eigenvalue weighted by molar-refractivity contribution is 1.29. The molecule has 0 saturated carbocycles. The summed E-state index contributed by atoms with van der Waals surface area (Å²) >= 11 is 0. The van der Waals surface area contributed by atoms with E-state index >= 15 is 0 Å². The number of fused-ring (bicyclic) bond motifs is 6. The number of para-hydroxylation sites is 2. The Bertz CT molecular complexity index is 5870. The molecule has 0 saturated heterocycles. The molecule has 0 N–H and O–H groups in total. The highest BCUT2D eigenvalue weighted by Crippen LogP contribution is 2.51. The smallest absolute Gasteiger partial charge is 0.0468 e. The third-order valence-corrected chi connectivity index (χ3v) is 20.9. The van der Waals surface area contributed by atoms with Crippen LogP contribution >= 0.6 is 0 Å². The first-order valence-electron chi connectivity index (χ1n) is 36.3. The summed E-state index contributed by atoms with van der Waals surface area (Å²) in [4.78, 5) is 9.62. The van der Waals surface area contributed by atoms with E-state index in [1.165, 1.54) is 54.2 Å². The predicted molar refractivity (Wildman–Crippen MR) is 452 cm³/mol. The Hall–Kier alpha value is -14.1. The molecule has 0 unspecified atom stereocenters. The lowest BCUT2D eigenvalue weighted by Gasteiger charge is -2.29. The minimum atomic E-state index is 1.04. The molecule has 106 heavy (non-hydrogen) atoms. The average Bonchev–Trinajstić information content (AvgIpc) is 0.721. The molecule has 0 aliphatic rings. The van der Waals surface area contributed by atoms with Crippen molar-refractivity contribution in [2.45, 2.75) is 0 Å². The molecule has 0 aliphatic carbocycles. The van der Waals surface area contributed by atoms with Crippen LogP contribution in [0.1, 0.15) is 0 Å². The zero-order valence-electron chi connectivity index (χ0n) is 58.2. The van der Waals surface area contributed by atoms with Crippen LogP contribution in [0.3, 0.4) is 0 Å². The highest BCUT2D eigenvalue weighted by atomic mass is 15.2. The van der Waals surface area contributed by atoms with Gasteiger partial charge in [-0.05, 0) is 255 Å². The average molecular weight is 1350 g/mol. The van der Waals surface area contributed by atoms with Crippen molar-refractivity contribution in [2.75, 3.05) is 19.6 Å². The van der Waals surface area contributed by atoms with Crippen LogP contribution in [0.25, 0.3) is 109 Å². The minimum absolute atomic E-state index is 1.04. The summed E-state index contributed by atoms with van der Waals surface area (Å²) in [6.07, 6.45) is 0. The van der Waals surface area contributed by atoms with Crippen LogP contribution in [0.4, 0.5) is 68.2 Å². The zero-order chi connectivity index (χ0) is 70.3. The van der Waals surface area contributed by atoms with Gasteiger partial charge >= 0.3 is 0 Å². The molecular formula is C102H70N4. The van der Waals surface area contributed by atoms with E-state index in [0.29, 0.717) is 0 Å². The van der Waals surface area contributed by atoms with E-state index in [4.69, 9.17) is 0 Å². The topological polar surface area (TPSA) is 13.0 Å². The fourth-order valence-corrected chi connectivity index (χ4v) is 15.7. The van der Waals surface area contributed by atoms with Crippen LogP contribution in [0.2, 0.25) is 0 Å². The second-order valence-electron chi connectivity index (χ2n) is 27.3. The van der Waals surface area contributed by atoms with E-state index in [1.807, 2.05) is 0 Å². The fraction of sp³-hybridized carbons (Fsp3) is 0. The van der Waals surface area contributed by atoms with Crippen LogP contribution in [-0.4, -0.2) is 0 Å². The van der Waals surface area contributed by atoms with Crippen LogP contribution in [0.5, 0.6) is 0 Å². The zero-order valence-corrected chi connectivity index (χ0v) is 58.2. The number of anilines is 12. The molecule has 0 aromatic heterocycles. The Kier molecular flexibility index (Phi) is 16.2. The van der Waals surface area contributed by atoms with Crippen LogP contribution in [0.15, 0.2) is 425 Å². The Balaban J connectivity index is 0.855. The van der Waals surface area contributed by atoms with Crippen LogP contribution < -0.4 is 19.6 Å². The summed E-state index contributed by atoms with van der Waals surface area (Å²) in [5.41, 5.74) is 21.9. The Morgan fingerprint density at radius 1 is 0.113 bits per heavy atom. The van der Waals surface area contributed by atoms with Crippen molar-refractivity contribution < 1.29 is 0 Å². The minimum Gasteiger partial charge on any atom is -0.310 e. The van der Waals surface area contributed by atoms with Gasteiger partial charge in [-0.25, -0.2) is 0 Å². The Labute approximate surface area is 617 Å². The van der Waals surface area contributed by atoms with Crippen molar-refractivity contribution >= 4 is 133 Å². The van der Waals surface area contributed by atoms with Gasteiger partial charge in [0, 0.05) is 68.2 Å². The van der Waals surface area contributed by atoms with Crippen molar-refractivity contribution in [3.63, 3.8) is 0 Å². The maximum absolute atomic E-state index is 2.45. The maximum Gasteiger partial charge on any atom is 0.0468 e. The molecule has 19 aromatic carbocycles. The molecule has 0 bridgehead atoms. The van der Waals surface area contributed by atoms with E-state index in [0.717, 1.165) is 123 Å². The third-order valence-electron chi connectivity index (χ3n) is 20.9. The van der Waals surface area contributed by atoms with Gasteiger partial charge in [0.15, 0.2) is 0 Å². The van der Waals surface area contributed by atoms with Crippen LogP contribution in [0, 0.1) is 0 Å². The van der Waals surface area contributed by atoms with Crippen molar-refractivity contribution in [1.29, 1.82) is 0 Å². The summed E-state index contributed by atoms with van der Waals surface area (Å²) in [5, 5.41) is 14.0. The number of hydrogen-bond donors (Lipinski definition) is 0. The molecule has 4 nitrogen and oxygen atoms in total. The quantitative estimate of drug-likeness (QED) is 0.0894. The molecule has 19 rings (SSSR count). The van der Waals surface area contributed by atoms with Crippen LogP contribution in [-0.2, 0) is 0 Å². The molecule has 19 aromatic rings. The summed E-state index contributed by atoms with van der Waals surface area (Å²) in [7, 11) is 0. The summed E-state index contributed by atoms with van der Waals surface area (Å²) in [6.45, 7) is 0. The molecule has 498 valence electrons. The van der Waals surface area contributed by atoms with Gasteiger partial charge in [0.25, 0.3) is 0 Å². The highest BCUT2D eigenvalue weighted by Gasteiger charge is 2.25. The lowest BCUT2D eigenvalue weighted by Crippen LogP contribution is -2.11. The molecule has 0 fully saturated rings. The molecule has 0 atom stereocenters. The first-order valence-corrected chi connectivity index (χ1v) is 36.3. The first kappa shape index (κ1) is 62.9. The summed E-state index contributed by atoms with van der Waals surface area (Å²) < 4.78 is 0. The van der Waals surface area contributed by atoms with Gasteiger partial charge in [0.1, 0.15) is 0 Å². The number of rotatable bonds is 16. The molecule has 4 heteroatoms. The van der Waals surface area contributed by atoms with Gasteiger partial charge in [0.05, 0.1) is 0 Å². The predicted octanol–water partition coefficient (Wildman–Crippen LogP) is 29.2. The number of nitrogens with zero attached hydrogens (tertiary/aromatic N) is 4. The standard InChI is InChI=1S/C102H70N4/c1-5-21-71(22-6-1)77-37-49-87(50-38-77)103(85-33-9-3-10-34-85)95-61-63-97-99(69-95)101(79-45-53-89(54-46-79)105(91-57-41-73-25-13-17-29-81(73)65-91)92-58-42-74-26-14-18-30-82(74)66-92)98-64-62-96(104(86-35-11-4-12-36-86)88-51-39-78(40-52-88)72-23-7-2-8-24-72)70-100(98)102(97)80-47-55-90(56-48-80)106(93-59-43-75-27-15-19-31-83(75)67-93)94-60-44-76-28-16-20-32-84(76)68-94/h1-70H. The van der Waals surface area contributed by atoms with Crippen molar-refractivity contribution in [1.82, 2.24) is 0 Å². The second-order valence-corrected chi connectivity index (χ2v) is 27.3. The second kappa shape index (κ2) is 27.4. The monoisotopic (exact) mass is 1350 g/mol. The number of hydrogen-bond acceptors (Lipinski definition) is 4. The van der Waals surface area contributed by atoms with Gasteiger partial charge in [-0.3, -0.25) is 0 Å². The molecule has 0 radical (unpaired) electrons. The molecule has 0 aliphatic heterocycles. The summed E-state index contributed by atoms with van der Waals surface area (Å²) in [6, 6.07) is 156. The van der Waals surface area contributed by atoms with E-state index in [1.54, 1.807) is 0 Å². The third kappa shape index (κ3) is 12.0. The van der Waals surface area contributed by atoms with Crippen molar-refractivity contribution in [3.05, 3.63) is 425 Å². The maximum atomic E-state index is 2.45. The Morgan fingerprint density at radius 2 is 0.311 bits per heavy atom. The summed E-state index contributed by atoms with van der Waals surface area (Å²) in [5.74, 6) is 0. The highest BCUT2D eigenvalue weighted by molar-refractivity contribution is 6.23. The van der Waals surface area contributed by atoms with Crippen molar-refractivity contribution in [2.24, 2.45) is 0 Å². The van der Waals surface area contributed by atoms with E-state index in [9.17, 15) is 0 Å². The Morgan fingerprint density at radius 3 is 0.604 bits per heavy atom. The van der Waals surface area contributed by atoms with E-state index in [-0.39, 0.29) is 0 Å². The fourth-order valence-electron chi connectivity index (χ4n) is 15.7. The van der Waals surface area contributed by atoms with E-state index < -0.39 is 0 Å². The van der Waals surface area contributed by atoms with Gasteiger partial charge in [-0.15, -0.1) is 0 Å². The van der Waals surface area contributed by atoms with E-state index in [2.05, 4.69) is 444 Å². The first-order chi connectivity index (χ1) is 52.5. The number of benzene rings is 19. The molecule has 0 amide bonds. The lowest BCUT2D eigenvalue weighted by atomic mass is 9.85. The molecule has 0 spiro atoms. The normalized spacial score (nSPS) is 11.4. The van der Waals surface area contributed by atoms with Gasteiger partial charge in [-0.2, -0.15) is 0 Å². The van der Waals surface area contributed by atoms with Gasteiger partial charge in [0.2, 0.25) is 0 Å². The molecule has 0 heterocycles. The SMILES string of the molecule is c1ccc(-c2ccc(N(c3ccccc3)c3ccc4c(-c5ccc(N(c6ccc7ccccc7c6)c6ccc7ccccc7c6)cc5)c5cc(N(c6ccccc6)c6ccc(-c7ccccc7)cc6)ccc5c(-c5ccc(N(c6ccc7ccccc7c6)c6ccc7ccccc7c6)cc5)c4c3)cc2)cc1. The molecular weight excluding hydrogens is 1280 g/mol. The largest absolute Gasteiger partial charge is 0.310 e. The van der Waals surface area contributed by atoms with Gasteiger partial charge in [-0.1, -0.05) is 279 Å². The van der Waals surface area contributed by atoms with Crippen molar-refractivity contribution in [3.8, 4) is 44.5 Å².